The van der Waals surface area contributed by atoms with Crippen molar-refractivity contribution in [2.45, 2.75) is 84.6 Å². The molecule has 232 valence electrons. The Kier molecular flexibility index (Phi) is 10.8. The lowest BCUT2D eigenvalue weighted by Crippen LogP contribution is -2.45. The summed E-state index contributed by atoms with van der Waals surface area (Å²) in [6.45, 7) is 14.0. The number of rotatable bonds is 15. The summed E-state index contributed by atoms with van der Waals surface area (Å²) in [7, 11) is 0. The number of piperidine rings is 1. The van der Waals surface area contributed by atoms with Gasteiger partial charge in [-0.05, 0) is 87.3 Å². The average molecular weight is 588 g/mol. The zero-order valence-corrected chi connectivity index (χ0v) is 26.0. The number of hydrogen-bond acceptors (Lipinski definition) is 6. The van der Waals surface area contributed by atoms with Crippen LogP contribution in [0.2, 0.25) is 0 Å². The number of aromatic amines is 1. The quantitative estimate of drug-likeness (QED) is 0.234. The van der Waals surface area contributed by atoms with E-state index in [1.807, 2.05) is 24.5 Å². The Morgan fingerprint density at radius 2 is 1.79 bits per heavy atom. The number of aromatic nitrogens is 4. The van der Waals surface area contributed by atoms with Gasteiger partial charge in [0.1, 0.15) is 11.6 Å². The van der Waals surface area contributed by atoms with Crippen LogP contribution in [0.5, 0.6) is 0 Å². The van der Waals surface area contributed by atoms with Gasteiger partial charge in [0, 0.05) is 56.5 Å². The molecule has 4 heterocycles. The van der Waals surface area contributed by atoms with Gasteiger partial charge in [-0.15, -0.1) is 0 Å². The number of nitrogens with zero attached hydrogens (tertiary/aromatic N) is 6. The molecule has 2 aliphatic rings. The molecule has 0 atom stereocenters. The summed E-state index contributed by atoms with van der Waals surface area (Å²) in [5.41, 5.74) is 2.57. The summed E-state index contributed by atoms with van der Waals surface area (Å²) in [6.07, 6.45) is 18.2. The van der Waals surface area contributed by atoms with E-state index in [4.69, 9.17) is 10.1 Å². The molecule has 0 radical (unpaired) electrons. The molecule has 0 amide bonds. The zero-order valence-electron chi connectivity index (χ0n) is 26.0. The Hall–Kier alpha value is -3.27. The van der Waals surface area contributed by atoms with E-state index in [9.17, 15) is 4.79 Å². The molecule has 9 heteroatoms. The second-order valence-corrected chi connectivity index (χ2v) is 12.5. The fourth-order valence-electron chi connectivity index (χ4n) is 7.08. The molecule has 0 aliphatic carbocycles. The first-order valence-corrected chi connectivity index (χ1v) is 16.1. The van der Waals surface area contributed by atoms with Crippen molar-refractivity contribution in [3.8, 4) is 0 Å². The largest absolute Gasteiger partial charge is 0.478 e. The van der Waals surface area contributed by atoms with Crippen molar-refractivity contribution in [3.05, 3.63) is 77.9 Å². The third-order valence-corrected chi connectivity index (χ3v) is 9.61. The smallest absolute Gasteiger partial charge is 0.328 e. The monoisotopic (exact) mass is 587 g/mol. The minimum absolute atomic E-state index is 0.541. The topological polar surface area (TPSA) is 93.5 Å². The lowest BCUT2D eigenvalue weighted by Gasteiger charge is -2.42. The average Bonchev–Trinajstić information content (AvgIpc) is 3.77. The minimum atomic E-state index is -0.943. The van der Waals surface area contributed by atoms with Gasteiger partial charge in [0.05, 0.1) is 13.1 Å². The molecule has 1 spiro atoms. The molecular weight excluding hydrogens is 538 g/mol. The molecular formula is C34H49N7O2. The van der Waals surface area contributed by atoms with E-state index in [0.29, 0.717) is 18.5 Å². The number of aryl methyl sites for hydroxylation is 1. The predicted octanol–water partition coefficient (Wildman–Crippen LogP) is 5.27. The van der Waals surface area contributed by atoms with Crippen LogP contribution >= 0.6 is 0 Å². The van der Waals surface area contributed by atoms with Crippen molar-refractivity contribution in [2.24, 2.45) is 5.41 Å². The summed E-state index contributed by atoms with van der Waals surface area (Å²) >= 11 is 0. The van der Waals surface area contributed by atoms with Gasteiger partial charge in [-0.25, -0.2) is 14.8 Å². The van der Waals surface area contributed by atoms with Crippen molar-refractivity contribution in [2.75, 3.05) is 32.7 Å². The van der Waals surface area contributed by atoms with Gasteiger partial charge in [0.25, 0.3) is 0 Å². The highest BCUT2D eigenvalue weighted by Crippen LogP contribution is 2.41. The van der Waals surface area contributed by atoms with Crippen LogP contribution in [0, 0.1) is 5.41 Å². The van der Waals surface area contributed by atoms with Crippen LogP contribution in [-0.4, -0.2) is 84.1 Å². The maximum absolute atomic E-state index is 10.8. The second-order valence-electron chi connectivity index (χ2n) is 12.5. The highest BCUT2D eigenvalue weighted by Gasteiger charge is 2.40. The molecule has 2 fully saturated rings. The van der Waals surface area contributed by atoms with E-state index >= 15 is 0 Å². The van der Waals surface area contributed by atoms with Crippen LogP contribution < -0.4 is 0 Å². The van der Waals surface area contributed by atoms with Gasteiger partial charge in [0.15, 0.2) is 0 Å². The Labute approximate surface area is 256 Å². The van der Waals surface area contributed by atoms with Crippen LogP contribution in [-0.2, 0) is 31.0 Å². The minimum Gasteiger partial charge on any atom is -0.478 e. The maximum Gasteiger partial charge on any atom is 0.328 e. The van der Waals surface area contributed by atoms with Crippen LogP contribution in [0.3, 0.4) is 0 Å². The first kappa shape index (κ1) is 31.2. The molecule has 2 N–H and O–H groups in total. The van der Waals surface area contributed by atoms with Gasteiger partial charge in [-0.1, -0.05) is 38.1 Å². The van der Waals surface area contributed by atoms with Gasteiger partial charge in [-0.3, -0.25) is 4.90 Å². The molecule has 2 aliphatic heterocycles. The Morgan fingerprint density at radius 1 is 1.02 bits per heavy atom. The summed E-state index contributed by atoms with van der Waals surface area (Å²) in [5.74, 6) is 1.05. The predicted molar refractivity (Wildman–Crippen MR) is 170 cm³/mol. The third-order valence-electron chi connectivity index (χ3n) is 9.61. The van der Waals surface area contributed by atoms with Crippen LogP contribution in [0.15, 0.2) is 55.1 Å². The number of imidazole rings is 2. The standard InChI is InChI=1S/C34H49N7O2/c1-3-30(4-2)40-21-13-34(14-22-40)12-20-38(27-34)18-5-19-41-23-17-37-32(41)26-39(25-31-35-15-16-36-31)24-29-8-6-28(7-9-29)10-11-33(42)43/h6-11,15-17,23,30H,3-5,12-14,18-22,24-27H2,1-2H3,(H,35,36)(H,42,43)/b11-10+. The zero-order chi connectivity index (χ0) is 30.1. The SMILES string of the molecule is CCC(CC)N1CCC2(CCN(CCCn3ccnc3CN(Cc3ccc(/C=C/C(=O)O)cc3)Cc3ncc[nH]3)C2)CC1. The van der Waals surface area contributed by atoms with E-state index in [2.05, 4.69) is 61.4 Å². The molecule has 0 saturated carbocycles. The van der Waals surface area contributed by atoms with Gasteiger partial charge < -0.3 is 24.5 Å². The molecule has 1 aromatic carbocycles. The molecule has 3 aromatic rings. The third kappa shape index (κ3) is 8.65. The molecule has 0 unspecified atom stereocenters. The first-order valence-electron chi connectivity index (χ1n) is 16.1. The number of carbonyl (C=O) groups is 1. The normalized spacial score (nSPS) is 17.7. The molecule has 2 aromatic heterocycles. The number of nitrogens with one attached hydrogen (secondary N) is 1. The lowest BCUT2D eigenvalue weighted by molar-refractivity contribution is -0.131. The number of benzene rings is 1. The van der Waals surface area contributed by atoms with Crippen LogP contribution in [0.4, 0.5) is 0 Å². The van der Waals surface area contributed by atoms with Gasteiger partial charge in [-0.2, -0.15) is 0 Å². The Morgan fingerprint density at radius 3 is 2.49 bits per heavy atom. The number of H-pyrrole nitrogens is 1. The fraction of sp³-hybridized carbons (Fsp3) is 0.559. The van der Waals surface area contributed by atoms with E-state index < -0.39 is 5.97 Å². The Bertz CT molecular complexity index is 1290. The summed E-state index contributed by atoms with van der Waals surface area (Å²) in [6, 6.07) is 8.80. The van der Waals surface area contributed by atoms with E-state index in [-0.39, 0.29) is 0 Å². The number of carboxylic acids is 1. The lowest BCUT2D eigenvalue weighted by atomic mass is 9.77. The van der Waals surface area contributed by atoms with E-state index in [0.717, 1.165) is 60.9 Å². The number of likely N-dealkylation sites (tertiary alicyclic amines) is 2. The highest BCUT2D eigenvalue weighted by atomic mass is 16.4. The summed E-state index contributed by atoms with van der Waals surface area (Å²) in [5, 5.41) is 8.90. The van der Waals surface area contributed by atoms with Crippen LogP contribution in [0.1, 0.15) is 75.1 Å². The molecule has 9 nitrogen and oxygen atoms in total. The van der Waals surface area contributed by atoms with Gasteiger partial charge >= 0.3 is 5.97 Å². The number of carboxylic acid groups (broad SMARTS) is 1. The maximum atomic E-state index is 10.8. The summed E-state index contributed by atoms with van der Waals surface area (Å²) in [4.78, 5) is 31.1. The molecule has 43 heavy (non-hydrogen) atoms. The second kappa shape index (κ2) is 14.9. The van der Waals surface area contributed by atoms with Crippen molar-refractivity contribution in [1.29, 1.82) is 0 Å². The van der Waals surface area contributed by atoms with E-state index in [1.165, 1.54) is 58.3 Å². The summed E-state index contributed by atoms with van der Waals surface area (Å²) < 4.78 is 2.31. The van der Waals surface area contributed by atoms with Gasteiger partial charge in [0.2, 0.25) is 0 Å². The number of hydrogen-bond donors (Lipinski definition) is 2. The molecule has 0 bridgehead atoms. The fourth-order valence-corrected chi connectivity index (χ4v) is 7.08. The van der Waals surface area contributed by atoms with Crippen molar-refractivity contribution in [3.63, 3.8) is 0 Å². The van der Waals surface area contributed by atoms with Crippen molar-refractivity contribution >= 4 is 12.0 Å². The first-order chi connectivity index (χ1) is 20.9. The van der Waals surface area contributed by atoms with Crippen LogP contribution in [0.25, 0.3) is 6.08 Å². The molecule has 5 rings (SSSR count). The molecule has 2 saturated heterocycles. The van der Waals surface area contributed by atoms with Crippen molar-refractivity contribution in [1.82, 2.24) is 34.2 Å². The Balaban J connectivity index is 1.13. The number of aliphatic carboxylic acids is 1. The van der Waals surface area contributed by atoms with E-state index in [1.54, 1.807) is 12.3 Å². The highest BCUT2D eigenvalue weighted by molar-refractivity contribution is 5.85. The van der Waals surface area contributed by atoms with Crippen molar-refractivity contribution < 1.29 is 9.90 Å².